The van der Waals surface area contributed by atoms with E-state index < -0.39 is 5.97 Å². The molecule has 0 radical (unpaired) electrons. The fourth-order valence-electron chi connectivity index (χ4n) is 1.92. The van der Waals surface area contributed by atoms with Crippen molar-refractivity contribution in [2.45, 2.75) is 44.6 Å². The van der Waals surface area contributed by atoms with E-state index in [2.05, 4.69) is 0 Å². The summed E-state index contributed by atoms with van der Waals surface area (Å²) in [6, 6.07) is 0.317. The summed E-state index contributed by atoms with van der Waals surface area (Å²) in [4.78, 5) is 10.3. The monoisotopic (exact) mass is 171 g/mol. The van der Waals surface area contributed by atoms with Crippen LogP contribution in [0, 0.1) is 5.92 Å². The van der Waals surface area contributed by atoms with Crippen LogP contribution in [0.25, 0.3) is 0 Å². The summed E-state index contributed by atoms with van der Waals surface area (Å²) in [7, 11) is 0. The normalized spacial score (nSPS) is 30.1. The van der Waals surface area contributed by atoms with Gasteiger partial charge in [0.1, 0.15) is 0 Å². The van der Waals surface area contributed by atoms with Crippen LogP contribution in [0.5, 0.6) is 0 Å². The lowest BCUT2D eigenvalue weighted by Crippen LogP contribution is -2.28. The minimum atomic E-state index is -0.686. The highest BCUT2D eigenvalue weighted by Gasteiger charge is 2.19. The number of carbonyl (C=O) groups is 1. The van der Waals surface area contributed by atoms with Crippen LogP contribution in [0.4, 0.5) is 0 Å². The SMILES string of the molecule is N[C@H]1CCCC(CCC(=O)O)C1. The Morgan fingerprint density at radius 2 is 2.25 bits per heavy atom. The molecule has 0 aromatic heterocycles. The molecule has 1 saturated carbocycles. The van der Waals surface area contributed by atoms with Crippen molar-refractivity contribution in [3.05, 3.63) is 0 Å². The average molecular weight is 171 g/mol. The van der Waals surface area contributed by atoms with Crippen molar-refractivity contribution < 1.29 is 9.90 Å². The van der Waals surface area contributed by atoms with Crippen LogP contribution in [-0.4, -0.2) is 17.1 Å². The first-order valence-electron chi connectivity index (χ1n) is 4.66. The molecule has 3 N–H and O–H groups in total. The first-order valence-corrected chi connectivity index (χ1v) is 4.66. The van der Waals surface area contributed by atoms with Crippen LogP contribution in [0.15, 0.2) is 0 Å². The average Bonchev–Trinajstić information content (AvgIpc) is 2.01. The summed E-state index contributed by atoms with van der Waals surface area (Å²) < 4.78 is 0. The molecule has 1 unspecified atom stereocenters. The number of hydrogen-bond donors (Lipinski definition) is 2. The molecule has 3 heteroatoms. The zero-order valence-corrected chi connectivity index (χ0v) is 7.33. The van der Waals surface area contributed by atoms with Gasteiger partial charge >= 0.3 is 5.97 Å². The minimum Gasteiger partial charge on any atom is -0.481 e. The Labute approximate surface area is 72.9 Å². The number of carboxylic acid groups (broad SMARTS) is 1. The molecule has 0 amide bonds. The molecule has 1 aliphatic rings. The largest absolute Gasteiger partial charge is 0.481 e. The predicted octanol–water partition coefficient (Wildman–Crippen LogP) is 1.37. The molecule has 0 saturated heterocycles. The van der Waals surface area contributed by atoms with Crippen molar-refractivity contribution in [1.82, 2.24) is 0 Å². The number of carboxylic acids is 1. The maximum atomic E-state index is 10.3. The van der Waals surface area contributed by atoms with Gasteiger partial charge in [0.2, 0.25) is 0 Å². The second-order valence-electron chi connectivity index (χ2n) is 3.73. The molecule has 12 heavy (non-hydrogen) atoms. The molecule has 0 aromatic carbocycles. The van der Waals surface area contributed by atoms with Gasteiger partial charge in [0, 0.05) is 12.5 Å². The predicted molar refractivity (Wildman–Crippen MR) is 46.8 cm³/mol. The lowest BCUT2D eigenvalue weighted by molar-refractivity contribution is -0.137. The molecule has 0 bridgehead atoms. The van der Waals surface area contributed by atoms with E-state index in [0.717, 1.165) is 19.3 Å². The third-order valence-electron chi connectivity index (χ3n) is 2.59. The van der Waals surface area contributed by atoms with Crippen LogP contribution in [0.2, 0.25) is 0 Å². The van der Waals surface area contributed by atoms with Gasteiger partial charge in [-0.25, -0.2) is 0 Å². The molecule has 1 fully saturated rings. The maximum Gasteiger partial charge on any atom is 0.303 e. The molecule has 0 spiro atoms. The molecule has 1 aliphatic carbocycles. The molecule has 0 aromatic rings. The highest BCUT2D eigenvalue weighted by atomic mass is 16.4. The van der Waals surface area contributed by atoms with Crippen LogP contribution in [-0.2, 0) is 4.79 Å². The van der Waals surface area contributed by atoms with E-state index in [1.54, 1.807) is 0 Å². The summed E-state index contributed by atoms with van der Waals surface area (Å²) in [6.45, 7) is 0. The number of nitrogens with two attached hydrogens (primary N) is 1. The maximum absolute atomic E-state index is 10.3. The highest BCUT2D eigenvalue weighted by Crippen LogP contribution is 2.26. The minimum absolute atomic E-state index is 0.303. The molecule has 3 nitrogen and oxygen atoms in total. The van der Waals surface area contributed by atoms with E-state index in [9.17, 15) is 4.79 Å². The summed E-state index contributed by atoms with van der Waals surface area (Å²) in [6.07, 6.45) is 5.59. The molecule has 0 aliphatic heterocycles. The Kier molecular flexibility index (Phi) is 3.53. The van der Waals surface area contributed by atoms with Crippen molar-refractivity contribution in [3.8, 4) is 0 Å². The van der Waals surface area contributed by atoms with Gasteiger partial charge in [-0.1, -0.05) is 12.8 Å². The Balaban J connectivity index is 2.18. The van der Waals surface area contributed by atoms with E-state index >= 15 is 0 Å². The van der Waals surface area contributed by atoms with Gasteiger partial charge in [-0.05, 0) is 25.2 Å². The van der Waals surface area contributed by atoms with Crippen molar-refractivity contribution in [3.63, 3.8) is 0 Å². The van der Waals surface area contributed by atoms with Crippen LogP contribution in [0.1, 0.15) is 38.5 Å². The van der Waals surface area contributed by atoms with Gasteiger partial charge in [0.05, 0.1) is 0 Å². The second-order valence-corrected chi connectivity index (χ2v) is 3.73. The fourth-order valence-corrected chi connectivity index (χ4v) is 1.92. The van der Waals surface area contributed by atoms with E-state index in [4.69, 9.17) is 10.8 Å². The standard InChI is InChI=1S/C9H17NO2/c10-8-3-1-2-7(6-8)4-5-9(11)12/h7-8H,1-6,10H2,(H,11,12)/t7?,8-/m0/s1. The molecular formula is C9H17NO2. The third-order valence-corrected chi connectivity index (χ3v) is 2.59. The zero-order chi connectivity index (χ0) is 8.97. The zero-order valence-electron chi connectivity index (χ0n) is 7.33. The van der Waals surface area contributed by atoms with Gasteiger partial charge in [-0.15, -0.1) is 0 Å². The van der Waals surface area contributed by atoms with Gasteiger partial charge < -0.3 is 10.8 Å². The first-order chi connectivity index (χ1) is 5.68. The molecule has 0 heterocycles. The van der Waals surface area contributed by atoms with E-state index in [-0.39, 0.29) is 0 Å². The number of aliphatic carboxylic acids is 1. The van der Waals surface area contributed by atoms with Crippen LogP contribution < -0.4 is 5.73 Å². The van der Waals surface area contributed by atoms with E-state index in [1.165, 1.54) is 12.8 Å². The van der Waals surface area contributed by atoms with Crippen molar-refractivity contribution in [2.24, 2.45) is 11.7 Å². The van der Waals surface area contributed by atoms with E-state index in [1.807, 2.05) is 0 Å². The molecule has 70 valence electrons. The summed E-state index contributed by atoms with van der Waals surface area (Å²) in [5, 5.41) is 8.48. The Hall–Kier alpha value is -0.570. The summed E-state index contributed by atoms with van der Waals surface area (Å²) >= 11 is 0. The van der Waals surface area contributed by atoms with Crippen LogP contribution in [0.3, 0.4) is 0 Å². The lowest BCUT2D eigenvalue weighted by atomic mass is 9.83. The Morgan fingerprint density at radius 1 is 1.50 bits per heavy atom. The smallest absolute Gasteiger partial charge is 0.303 e. The van der Waals surface area contributed by atoms with Gasteiger partial charge in [-0.3, -0.25) is 4.79 Å². The summed E-state index contributed by atoms with van der Waals surface area (Å²) in [5.41, 5.74) is 5.78. The van der Waals surface area contributed by atoms with Gasteiger partial charge in [-0.2, -0.15) is 0 Å². The number of hydrogen-bond acceptors (Lipinski definition) is 2. The van der Waals surface area contributed by atoms with Gasteiger partial charge in [0.15, 0.2) is 0 Å². The fraction of sp³-hybridized carbons (Fsp3) is 0.889. The molecule has 2 atom stereocenters. The Morgan fingerprint density at radius 3 is 2.83 bits per heavy atom. The van der Waals surface area contributed by atoms with Crippen molar-refractivity contribution >= 4 is 5.97 Å². The molecular weight excluding hydrogens is 154 g/mol. The third kappa shape index (κ3) is 3.22. The van der Waals surface area contributed by atoms with Gasteiger partial charge in [0.25, 0.3) is 0 Å². The topological polar surface area (TPSA) is 63.3 Å². The Bertz CT molecular complexity index is 159. The molecule has 1 rings (SSSR count). The second kappa shape index (κ2) is 4.45. The van der Waals surface area contributed by atoms with Crippen LogP contribution >= 0.6 is 0 Å². The van der Waals surface area contributed by atoms with Crippen molar-refractivity contribution in [1.29, 1.82) is 0 Å². The van der Waals surface area contributed by atoms with E-state index in [0.29, 0.717) is 18.4 Å². The first kappa shape index (κ1) is 9.52. The summed E-state index contributed by atoms with van der Waals surface area (Å²) in [5.74, 6) is -0.126. The number of rotatable bonds is 3. The van der Waals surface area contributed by atoms with Crippen molar-refractivity contribution in [2.75, 3.05) is 0 Å². The lowest BCUT2D eigenvalue weighted by Gasteiger charge is -2.25. The quantitative estimate of drug-likeness (QED) is 0.674. The highest BCUT2D eigenvalue weighted by molar-refractivity contribution is 5.66.